The molecule has 2 aromatic carbocycles. The van der Waals surface area contributed by atoms with Crippen molar-refractivity contribution in [1.82, 2.24) is 0 Å². The van der Waals surface area contributed by atoms with Crippen molar-refractivity contribution in [3.05, 3.63) is 75.2 Å². The Kier molecular flexibility index (Phi) is 5.04. The first-order chi connectivity index (χ1) is 13.0. The minimum atomic E-state index is -0.448. The summed E-state index contributed by atoms with van der Waals surface area (Å²) in [5.74, 6) is 0.909. The van der Waals surface area contributed by atoms with Gasteiger partial charge in [-0.3, -0.25) is 4.79 Å². The molecule has 0 bridgehead atoms. The minimum Gasteiger partial charge on any atom is -0.488 e. The zero-order valence-corrected chi connectivity index (χ0v) is 17.2. The van der Waals surface area contributed by atoms with E-state index in [1.54, 1.807) is 0 Å². The third-order valence-corrected chi connectivity index (χ3v) is 6.55. The molecule has 2 aliphatic rings. The summed E-state index contributed by atoms with van der Waals surface area (Å²) in [5, 5.41) is 0.691. The normalized spacial score (nSPS) is 24.0. The molecule has 2 atom stereocenters. The van der Waals surface area contributed by atoms with Crippen molar-refractivity contribution < 1.29 is 14.3 Å². The lowest BCUT2D eigenvalue weighted by Crippen LogP contribution is -2.31. The van der Waals surface area contributed by atoms with Crippen LogP contribution in [-0.2, 0) is 22.6 Å². The highest BCUT2D eigenvalue weighted by Gasteiger charge is 2.55. The van der Waals surface area contributed by atoms with Gasteiger partial charge in [-0.25, -0.2) is 0 Å². The second kappa shape index (κ2) is 7.33. The summed E-state index contributed by atoms with van der Waals surface area (Å²) in [4.78, 5) is 12.5. The maximum atomic E-state index is 12.5. The zero-order valence-electron chi connectivity index (χ0n) is 14.8. The second-order valence-corrected chi connectivity index (χ2v) is 8.67. The quantitative estimate of drug-likeness (QED) is 0.433. The Balaban J connectivity index is 1.50. The highest BCUT2D eigenvalue weighted by molar-refractivity contribution is 9.10. The van der Waals surface area contributed by atoms with Crippen LogP contribution in [0.15, 0.2) is 59.1 Å². The number of carbonyl (C=O) groups is 1. The summed E-state index contributed by atoms with van der Waals surface area (Å²) in [7, 11) is 0. The number of carbonyl (C=O) groups excluding carboxylic acids is 1. The molecule has 5 heteroatoms. The Morgan fingerprint density at radius 2 is 2.11 bits per heavy atom. The summed E-state index contributed by atoms with van der Waals surface area (Å²) < 4.78 is 12.1. The molecule has 2 aromatic rings. The number of benzene rings is 2. The fourth-order valence-electron chi connectivity index (χ4n) is 4.17. The van der Waals surface area contributed by atoms with Crippen LogP contribution in [0, 0.1) is 11.3 Å². The highest BCUT2D eigenvalue weighted by Crippen LogP contribution is 2.52. The lowest BCUT2D eigenvalue weighted by atomic mass is 9.75. The van der Waals surface area contributed by atoms with Crippen molar-refractivity contribution in [2.75, 3.05) is 6.61 Å². The van der Waals surface area contributed by atoms with Gasteiger partial charge < -0.3 is 9.47 Å². The van der Waals surface area contributed by atoms with E-state index < -0.39 is 5.41 Å². The van der Waals surface area contributed by atoms with Crippen molar-refractivity contribution in [1.29, 1.82) is 0 Å². The van der Waals surface area contributed by atoms with Crippen molar-refractivity contribution in [3.63, 3.8) is 0 Å². The molecule has 4 rings (SSSR count). The number of hydrogen-bond acceptors (Lipinski definition) is 3. The van der Waals surface area contributed by atoms with E-state index in [1.807, 2.05) is 42.5 Å². The Morgan fingerprint density at radius 3 is 2.89 bits per heavy atom. The molecular formula is C22H20BrClO3. The molecule has 27 heavy (non-hydrogen) atoms. The van der Waals surface area contributed by atoms with Crippen molar-refractivity contribution in [2.24, 2.45) is 11.3 Å². The van der Waals surface area contributed by atoms with Crippen LogP contribution < -0.4 is 4.74 Å². The first-order valence-corrected chi connectivity index (χ1v) is 10.1. The fraction of sp³-hybridized carbons (Fsp3) is 0.318. The second-order valence-electron chi connectivity index (χ2n) is 7.40. The molecule has 1 saturated carbocycles. The molecule has 0 amide bonds. The molecule has 140 valence electrons. The number of allylic oxidation sites excluding steroid dienone is 1. The average molecular weight is 448 g/mol. The monoisotopic (exact) mass is 446 g/mol. The maximum absolute atomic E-state index is 12.5. The van der Waals surface area contributed by atoms with Crippen LogP contribution in [0.2, 0.25) is 5.02 Å². The molecule has 3 nitrogen and oxygen atoms in total. The number of hydrogen-bond donors (Lipinski definition) is 0. The highest BCUT2D eigenvalue weighted by atomic mass is 79.9. The Labute approximate surface area is 172 Å². The van der Waals surface area contributed by atoms with E-state index in [2.05, 4.69) is 22.5 Å². The van der Waals surface area contributed by atoms with Crippen molar-refractivity contribution in [2.45, 2.75) is 25.9 Å². The average Bonchev–Trinajstić information content (AvgIpc) is 3.10. The van der Waals surface area contributed by atoms with Crippen LogP contribution in [0.3, 0.4) is 0 Å². The van der Waals surface area contributed by atoms with Gasteiger partial charge in [-0.15, -0.1) is 0 Å². The van der Waals surface area contributed by atoms with E-state index in [1.165, 1.54) is 0 Å². The Morgan fingerprint density at radius 1 is 1.30 bits per heavy atom. The van der Waals surface area contributed by atoms with Crippen molar-refractivity contribution in [3.8, 4) is 5.75 Å². The van der Waals surface area contributed by atoms with Crippen LogP contribution in [0.5, 0.6) is 5.75 Å². The molecule has 1 aliphatic heterocycles. The molecule has 2 fully saturated rings. The standard InChI is InChI=1S/C22H20BrClO3/c1-14-8-17-13-27-21(25)22(17,10-14)11-15-6-7-20(18(23)9-15)26-12-16-4-2-3-5-19(16)24/h2-7,9,17H,1,8,10-13H2. The van der Waals surface area contributed by atoms with E-state index in [0.29, 0.717) is 24.7 Å². The van der Waals surface area contributed by atoms with E-state index in [9.17, 15) is 4.79 Å². The number of ether oxygens (including phenoxy) is 2. The summed E-state index contributed by atoms with van der Waals surface area (Å²) in [5.41, 5.74) is 2.73. The fourth-order valence-corrected chi connectivity index (χ4v) is 4.90. The molecule has 1 aliphatic carbocycles. The van der Waals surface area contributed by atoms with Gasteiger partial charge in [-0.05, 0) is 59.0 Å². The van der Waals surface area contributed by atoms with Crippen LogP contribution in [-0.4, -0.2) is 12.6 Å². The molecule has 0 aromatic heterocycles. The van der Waals surface area contributed by atoms with Gasteiger partial charge in [0.2, 0.25) is 0 Å². The SMILES string of the molecule is C=C1CC2COC(=O)C2(Cc2ccc(OCc3ccccc3Cl)c(Br)c2)C1. The molecule has 0 N–H and O–H groups in total. The largest absolute Gasteiger partial charge is 0.488 e. The van der Waals surface area contributed by atoms with Gasteiger partial charge in [0.1, 0.15) is 12.4 Å². The first-order valence-electron chi connectivity index (χ1n) is 8.96. The number of esters is 1. The van der Waals surface area contributed by atoms with Crippen LogP contribution in [0.1, 0.15) is 24.0 Å². The topological polar surface area (TPSA) is 35.5 Å². The zero-order chi connectivity index (χ0) is 19.0. The summed E-state index contributed by atoms with van der Waals surface area (Å²) >= 11 is 9.78. The molecule has 0 spiro atoms. The summed E-state index contributed by atoms with van der Waals surface area (Å²) in [6.07, 6.45) is 2.27. The summed E-state index contributed by atoms with van der Waals surface area (Å²) in [6.45, 7) is 5.01. The van der Waals surface area contributed by atoms with Crippen LogP contribution >= 0.6 is 27.5 Å². The van der Waals surface area contributed by atoms with Crippen LogP contribution in [0.4, 0.5) is 0 Å². The van der Waals surface area contributed by atoms with Gasteiger partial charge in [0.15, 0.2) is 0 Å². The number of halogens is 2. The lowest BCUT2D eigenvalue weighted by molar-refractivity contribution is -0.146. The van der Waals surface area contributed by atoms with E-state index >= 15 is 0 Å². The van der Waals surface area contributed by atoms with Crippen molar-refractivity contribution >= 4 is 33.5 Å². The van der Waals surface area contributed by atoms with Crippen LogP contribution in [0.25, 0.3) is 0 Å². The number of rotatable bonds is 5. The Bertz CT molecular complexity index is 910. The lowest BCUT2D eigenvalue weighted by Gasteiger charge is -2.24. The maximum Gasteiger partial charge on any atom is 0.313 e. The van der Waals surface area contributed by atoms with Gasteiger partial charge in [0, 0.05) is 16.5 Å². The van der Waals surface area contributed by atoms with E-state index in [-0.39, 0.29) is 11.9 Å². The predicted molar refractivity (Wildman–Crippen MR) is 109 cm³/mol. The minimum absolute atomic E-state index is 0.0821. The summed E-state index contributed by atoms with van der Waals surface area (Å²) in [6, 6.07) is 13.6. The third-order valence-electron chi connectivity index (χ3n) is 5.56. The van der Waals surface area contributed by atoms with Gasteiger partial charge in [-0.1, -0.05) is 48.0 Å². The third kappa shape index (κ3) is 3.53. The first kappa shape index (κ1) is 18.6. The molecule has 0 radical (unpaired) electrons. The molecule has 1 saturated heterocycles. The van der Waals surface area contributed by atoms with Gasteiger partial charge in [0.25, 0.3) is 0 Å². The Hall–Kier alpha value is -1.78. The van der Waals surface area contributed by atoms with Gasteiger partial charge in [0.05, 0.1) is 16.5 Å². The van der Waals surface area contributed by atoms with E-state index in [4.69, 9.17) is 21.1 Å². The van der Waals surface area contributed by atoms with Gasteiger partial charge in [-0.2, -0.15) is 0 Å². The molecule has 1 heterocycles. The van der Waals surface area contributed by atoms with E-state index in [0.717, 1.165) is 39.8 Å². The van der Waals surface area contributed by atoms with Gasteiger partial charge >= 0.3 is 5.97 Å². The number of cyclic esters (lactones) is 1. The smallest absolute Gasteiger partial charge is 0.313 e. The molecule has 2 unspecified atom stereocenters. The predicted octanol–water partition coefficient (Wildman–Crippen LogP) is 5.73. The number of fused-ring (bicyclic) bond motifs is 1. The molecular weight excluding hydrogens is 428 g/mol.